The average Bonchev–Trinajstić information content (AvgIpc) is 4.40. The number of urea groups is 1. The van der Waals surface area contributed by atoms with Crippen LogP contribution in [0.4, 0.5) is 41.6 Å². The number of halogens is 6. The molecule has 5 rings (SSSR count). The number of nitrogens with one attached hydrogen (secondary N) is 9. The van der Waals surface area contributed by atoms with Crippen molar-refractivity contribution in [2.24, 2.45) is 21.5 Å². The number of rotatable bonds is 34. The van der Waals surface area contributed by atoms with Gasteiger partial charge in [0.2, 0.25) is 11.8 Å². The van der Waals surface area contributed by atoms with Gasteiger partial charge in [-0.2, -0.15) is 49.9 Å². The van der Waals surface area contributed by atoms with E-state index in [0.29, 0.717) is 60.4 Å². The van der Waals surface area contributed by atoms with Gasteiger partial charge in [-0.25, -0.2) is 29.2 Å². The Balaban J connectivity index is 0.00000117. The fourth-order valence-electron chi connectivity index (χ4n) is 8.02. The highest BCUT2D eigenvalue weighted by atomic mass is 32.2. The van der Waals surface area contributed by atoms with Gasteiger partial charge >= 0.3 is 36.4 Å². The van der Waals surface area contributed by atoms with E-state index in [1.165, 1.54) is 18.2 Å². The molecule has 16 N–H and O–H groups in total. The number of guanidine groups is 2. The van der Waals surface area contributed by atoms with E-state index in [-0.39, 0.29) is 120 Å². The van der Waals surface area contributed by atoms with Crippen molar-refractivity contribution in [2.45, 2.75) is 98.4 Å². The van der Waals surface area contributed by atoms with E-state index in [1.807, 2.05) is 23.5 Å². The molecule has 474 valence electrons. The molecule has 0 aromatic heterocycles. The molecule has 7 amide bonds. The van der Waals surface area contributed by atoms with Crippen LogP contribution in [0.15, 0.2) is 28.2 Å². The molecule has 1 aromatic rings. The Morgan fingerprint density at radius 1 is 0.536 bits per heavy atom. The van der Waals surface area contributed by atoms with Gasteiger partial charge in [-0.1, -0.05) is 12.8 Å². The maximum Gasteiger partial charge on any atom is 0.490 e. The minimum atomic E-state index is -5.08. The number of carbonyl (C=O) groups is 8. The van der Waals surface area contributed by atoms with Gasteiger partial charge in [0.25, 0.3) is 11.8 Å². The fourth-order valence-corrected chi connectivity index (χ4v) is 11.1. The topological polar surface area (TPSA) is 419 Å². The third-order valence-electron chi connectivity index (χ3n) is 11.9. The molecule has 4 heterocycles. The summed E-state index contributed by atoms with van der Waals surface area (Å²) in [6, 6.07) is 4.74. The average molecular weight is 1250 g/mol. The van der Waals surface area contributed by atoms with E-state index in [4.69, 9.17) is 55.3 Å². The number of thioether (sulfide) groups is 2. The SMILES string of the molecule is NC1=N[C@H]2[C@H](CS[C@H]2CCCCC(=O)NCCOCCNC(=O)c2cc(NC(=O)NCCOCCOCCNC(=O)O)cc(C(=O)NCCOCCNC(=O)CCCC[C@@H]3SC[C@@H]4NC(N)=N[C@@H]43)c2)N1.O=C(O)C(F)(F)F.O=C(O)C(F)(F)F. The lowest BCUT2D eigenvalue weighted by Gasteiger charge is -2.14. The van der Waals surface area contributed by atoms with Gasteiger partial charge in [0.15, 0.2) is 11.9 Å². The number of unbranched alkanes of at least 4 members (excludes halogenated alkanes) is 2. The normalized spacial score (nSPS) is 19.2. The summed E-state index contributed by atoms with van der Waals surface area (Å²) >= 11 is 3.81. The summed E-state index contributed by atoms with van der Waals surface area (Å²) in [7, 11) is 0. The van der Waals surface area contributed by atoms with Crippen molar-refractivity contribution in [3.05, 3.63) is 29.3 Å². The van der Waals surface area contributed by atoms with E-state index in [0.717, 1.165) is 50.0 Å². The quantitative estimate of drug-likeness (QED) is 0.0335. The molecule has 2 fully saturated rings. The van der Waals surface area contributed by atoms with Crippen LogP contribution in [0, 0.1) is 0 Å². The first kappa shape index (κ1) is 71.5. The maximum absolute atomic E-state index is 13.3. The zero-order valence-corrected chi connectivity index (χ0v) is 47.2. The molecule has 0 saturated carbocycles. The van der Waals surface area contributed by atoms with Gasteiger partial charge in [0.1, 0.15) is 0 Å². The summed E-state index contributed by atoms with van der Waals surface area (Å²) in [4.78, 5) is 101. The van der Waals surface area contributed by atoms with Crippen molar-refractivity contribution < 1.29 is 99.0 Å². The molecule has 4 aliphatic heterocycles. The van der Waals surface area contributed by atoms with Gasteiger partial charge in [-0.05, 0) is 43.9 Å². The number of nitrogens with zero attached hydrogens (tertiary/aromatic N) is 2. The number of amides is 7. The number of hydrogen-bond donors (Lipinski definition) is 14. The maximum atomic E-state index is 13.3. The number of hydrogen-bond acceptors (Lipinski definition) is 20. The number of nitrogens with two attached hydrogens (primary N) is 2. The molecule has 0 bridgehead atoms. The third kappa shape index (κ3) is 29.7. The Bertz CT molecular complexity index is 2240. The lowest BCUT2D eigenvalue weighted by molar-refractivity contribution is -0.193. The number of ether oxygens (including phenoxy) is 4. The highest BCUT2D eigenvalue weighted by Crippen LogP contribution is 2.36. The predicted octanol–water partition coefficient (Wildman–Crippen LogP) is 0.762. The third-order valence-corrected chi connectivity index (χ3v) is 14.9. The Labute approximate surface area is 487 Å². The smallest absolute Gasteiger partial charge is 0.475 e. The number of carboxylic acids is 2. The van der Waals surface area contributed by atoms with Crippen LogP contribution in [0.5, 0.6) is 0 Å². The summed E-state index contributed by atoms with van der Waals surface area (Å²) in [6.07, 6.45) is -5.07. The highest BCUT2D eigenvalue weighted by Gasteiger charge is 2.42. The van der Waals surface area contributed by atoms with Crippen LogP contribution >= 0.6 is 23.5 Å². The lowest BCUT2D eigenvalue weighted by Crippen LogP contribution is -2.38. The van der Waals surface area contributed by atoms with E-state index in [9.17, 15) is 55.1 Å². The summed E-state index contributed by atoms with van der Waals surface area (Å²) in [5, 5.41) is 48.8. The first-order chi connectivity index (χ1) is 39.8. The number of carbonyl (C=O) groups excluding carboxylic acids is 5. The van der Waals surface area contributed by atoms with Crippen molar-refractivity contribution in [3.63, 3.8) is 0 Å². The highest BCUT2D eigenvalue weighted by molar-refractivity contribution is 8.00. The second-order valence-corrected chi connectivity index (χ2v) is 21.0. The van der Waals surface area contributed by atoms with Crippen LogP contribution in [0.25, 0.3) is 0 Å². The minimum absolute atomic E-state index is 0.0483. The molecule has 6 atom stereocenters. The van der Waals surface area contributed by atoms with Crippen LogP contribution in [0.3, 0.4) is 0 Å². The zero-order chi connectivity index (χ0) is 62.1. The van der Waals surface area contributed by atoms with Crippen LogP contribution in [0.2, 0.25) is 0 Å². The summed E-state index contributed by atoms with van der Waals surface area (Å²) < 4.78 is 85.4. The fraction of sp³-hybridized carbons (Fsp3) is 0.667. The van der Waals surface area contributed by atoms with Gasteiger partial charge in [0.05, 0.1) is 77.0 Å². The van der Waals surface area contributed by atoms with Crippen molar-refractivity contribution in [2.75, 3.05) is 109 Å². The molecule has 0 aliphatic carbocycles. The minimum Gasteiger partial charge on any atom is -0.475 e. The first-order valence-corrected chi connectivity index (χ1v) is 28.5. The van der Waals surface area contributed by atoms with Crippen molar-refractivity contribution in [3.8, 4) is 0 Å². The summed E-state index contributed by atoms with van der Waals surface area (Å²) in [5.74, 6) is -3.61. The Kier molecular flexibility index (Phi) is 32.5. The molecule has 84 heavy (non-hydrogen) atoms. The van der Waals surface area contributed by atoms with Crippen LogP contribution in [-0.2, 0) is 38.1 Å². The first-order valence-electron chi connectivity index (χ1n) is 26.4. The van der Waals surface area contributed by atoms with Gasteiger partial charge in [-0.15, -0.1) is 0 Å². The summed E-state index contributed by atoms with van der Waals surface area (Å²) in [6.45, 7) is 2.92. The number of carboxylic acid groups (broad SMARTS) is 3. The van der Waals surface area contributed by atoms with Crippen molar-refractivity contribution >= 4 is 88.8 Å². The van der Waals surface area contributed by atoms with E-state index in [1.54, 1.807) is 0 Å². The largest absolute Gasteiger partial charge is 0.490 e. The van der Waals surface area contributed by atoms with Crippen LogP contribution in [0.1, 0.15) is 72.1 Å². The number of anilines is 1. The number of benzene rings is 1. The van der Waals surface area contributed by atoms with E-state index >= 15 is 0 Å². The van der Waals surface area contributed by atoms with Gasteiger partial charge < -0.3 is 93.6 Å². The standard InChI is InChI=1S/C44H71N13O11S2.2C2HF3O2/c45-41-54-31-26-69-33(37(31)56-41)5-1-3-7-35(58)47-9-15-65-17-11-49-39(60)28-23-29(25-30(24-28)53-43(62)51-13-19-67-21-22-68-20-14-52-44(63)64)40(61)50-12-18-66-16-10-48-36(59)8-4-2-6-34-38-32(27-70-34)55-42(46)57-38;2*3-2(4,5)1(6)7/h23-25,31-34,37-38,52H,1-22,26-27H2,(H,47,58)(H,48,59)(H,49,60)(H,50,61)(H,63,64)(H3,45,54,56)(H3,46,55,57)(H2,51,53,62);2*(H,6,7)/t31-,32-,33-,34-,37-,38-;;/m0../s1. The summed E-state index contributed by atoms with van der Waals surface area (Å²) in [5.41, 5.74) is 12.1. The van der Waals surface area contributed by atoms with Crippen LogP contribution in [-0.4, -0.2) is 226 Å². The van der Waals surface area contributed by atoms with E-state index in [2.05, 4.69) is 57.8 Å². The number of aliphatic imine (C=N–C) groups is 2. The van der Waals surface area contributed by atoms with Crippen molar-refractivity contribution in [1.82, 2.24) is 42.5 Å². The van der Waals surface area contributed by atoms with Gasteiger partial charge in [-0.3, -0.25) is 19.2 Å². The van der Waals surface area contributed by atoms with Gasteiger partial charge in [0, 0.05) is 90.9 Å². The molecule has 2 saturated heterocycles. The Hall–Kier alpha value is -6.76. The number of aliphatic carboxylic acids is 2. The number of alkyl halides is 6. The Morgan fingerprint density at radius 2 is 0.893 bits per heavy atom. The van der Waals surface area contributed by atoms with Crippen molar-refractivity contribution in [1.29, 1.82) is 0 Å². The van der Waals surface area contributed by atoms with E-state index < -0.39 is 48.2 Å². The lowest BCUT2D eigenvalue weighted by atomic mass is 10.0. The molecule has 36 heteroatoms. The second-order valence-electron chi connectivity index (χ2n) is 18.4. The monoisotopic (exact) mass is 1250 g/mol. The molecular weight excluding hydrogens is 1180 g/mol. The molecular formula is C48H73F6N13O15S2. The molecule has 0 radical (unpaired) electrons. The second kappa shape index (κ2) is 38.2. The molecule has 1 aromatic carbocycles. The molecule has 0 spiro atoms. The molecule has 28 nitrogen and oxygen atoms in total. The molecule has 0 unspecified atom stereocenters. The zero-order valence-electron chi connectivity index (χ0n) is 45.5. The number of fused-ring (bicyclic) bond motifs is 2. The van der Waals surface area contributed by atoms with Crippen LogP contribution < -0.4 is 59.3 Å². The predicted molar refractivity (Wildman–Crippen MR) is 295 cm³/mol. The molecule has 4 aliphatic rings. The Morgan fingerprint density at radius 3 is 1.27 bits per heavy atom.